The highest BCUT2D eigenvalue weighted by atomic mass is 32.2. The van der Waals surface area contributed by atoms with Crippen LogP contribution in [0.15, 0.2) is 29.2 Å². The van der Waals surface area contributed by atoms with Gasteiger partial charge in [0.05, 0.1) is 15.3 Å². The molecule has 21 heavy (non-hydrogen) atoms. The minimum absolute atomic E-state index is 0.109. The lowest BCUT2D eigenvalue weighted by atomic mass is 9.95. The van der Waals surface area contributed by atoms with Gasteiger partial charge in [-0.3, -0.25) is 4.79 Å². The van der Waals surface area contributed by atoms with Crippen LogP contribution in [0.1, 0.15) is 23.2 Å². The third-order valence-electron chi connectivity index (χ3n) is 4.04. The fourth-order valence-corrected chi connectivity index (χ4v) is 4.45. The second-order valence-corrected chi connectivity index (χ2v) is 7.53. The molecule has 1 saturated heterocycles. The normalized spacial score (nSPS) is 17.5. The molecule has 0 unspecified atom stereocenters. The molecule has 1 fully saturated rings. The number of likely N-dealkylation sites (tertiary alicyclic amines) is 1. The number of nitrogens with zero attached hydrogens (tertiary/aromatic N) is 1. The molecular weight excluding hydrogens is 320 g/mol. The maximum absolute atomic E-state index is 12.7. The summed E-state index contributed by atoms with van der Waals surface area (Å²) in [6.45, 7) is 1.42. The molecule has 0 bridgehead atoms. The maximum Gasteiger partial charge on any atom is 0.254 e. The van der Waals surface area contributed by atoms with Crippen molar-refractivity contribution < 1.29 is 4.79 Å². The van der Waals surface area contributed by atoms with E-state index in [0.29, 0.717) is 18.1 Å². The minimum atomic E-state index is -0.148. The number of nitrogens with two attached hydrogens (primary N) is 1. The Morgan fingerprint density at radius 2 is 1.90 bits per heavy atom. The van der Waals surface area contributed by atoms with Crippen LogP contribution in [-0.4, -0.2) is 46.1 Å². The number of rotatable bonds is 4. The molecule has 1 aliphatic heterocycles. The Morgan fingerprint density at radius 1 is 1.29 bits per heavy atom. The molecule has 1 amide bonds. The molecule has 0 aliphatic carbocycles. The lowest BCUT2D eigenvalue weighted by Crippen LogP contribution is -2.50. The van der Waals surface area contributed by atoms with Crippen molar-refractivity contribution in [2.24, 2.45) is 5.73 Å². The molecule has 1 aliphatic rings. The zero-order chi connectivity index (χ0) is 15.5. The fourth-order valence-electron chi connectivity index (χ4n) is 2.61. The molecule has 0 atom stereocenters. The second kappa shape index (κ2) is 7.03. The van der Waals surface area contributed by atoms with Gasteiger partial charge in [-0.05, 0) is 37.5 Å². The Bertz CT molecular complexity index is 539. The van der Waals surface area contributed by atoms with Crippen molar-refractivity contribution in [2.45, 2.75) is 22.5 Å². The second-order valence-electron chi connectivity index (χ2n) is 5.06. The molecule has 6 heteroatoms. The van der Waals surface area contributed by atoms with Crippen LogP contribution in [-0.2, 0) is 0 Å². The Labute approximate surface area is 140 Å². The molecule has 2 rings (SSSR count). The summed E-state index contributed by atoms with van der Waals surface area (Å²) in [7, 11) is 0. The summed E-state index contributed by atoms with van der Waals surface area (Å²) < 4.78 is -0.148. The van der Waals surface area contributed by atoms with Gasteiger partial charge in [0.1, 0.15) is 0 Å². The van der Waals surface area contributed by atoms with Crippen molar-refractivity contribution in [1.82, 2.24) is 4.90 Å². The molecule has 0 radical (unpaired) electrons. The van der Waals surface area contributed by atoms with Gasteiger partial charge in [0, 0.05) is 18.0 Å². The van der Waals surface area contributed by atoms with Crippen LogP contribution < -0.4 is 5.73 Å². The van der Waals surface area contributed by atoms with E-state index in [2.05, 4.69) is 0 Å². The standard InChI is InChI=1S/C15H20N2OS3/c1-20-12-6-4-3-5-11(12)13(18)17-9-7-15(21-2,8-10-17)14(16)19/h3-6H,7-10H2,1-2H3,(H2,16,19). The molecule has 1 aromatic carbocycles. The van der Waals surface area contributed by atoms with E-state index in [-0.39, 0.29) is 10.7 Å². The summed E-state index contributed by atoms with van der Waals surface area (Å²) >= 11 is 8.53. The largest absolute Gasteiger partial charge is 0.392 e. The van der Waals surface area contributed by atoms with Gasteiger partial charge in [0.15, 0.2) is 0 Å². The topological polar surface area (TPSA) is 46.3 Å². The number of hydrogen-bond donors (Lipinski definition) is 1. The molecule has 0 aromatic heterocycles. The van der Waals surface area contributed by atoms with Crippen molar-refractivity contribution in [1.29, 1.82) is 0 Å². The van der Waals surface area contributed by atoms with E-state index in [9.17, 15) is 4.79 Å². The summed E-state index contributed by atoms with van der Waals surface area (Å²) in [5.41, 5.74) is 6.68. The van der Waals surface area contributed by atoms with E-state index in [1.54, 1.807) is 23.5 Å². The Balaban J connectivity index is 2.12. The average molecular weight is 341 g/mol. The van der Waals surface area contributed by atoms with Crippen molar-refractivity contribution in [3.63, 3.8) is 0 Å². The number of thioether (sulfide) groups is 2. The van der Waals surface area contributed by atoms with Crippen LogP contribution in [0, 0.1) is 0 Å². The first-order valence-corrected chi connectivity index (χ1v) is 9.67. The average Bonchev–Trinajstić information content (AvgIpc) is 2.54. The first-order valence-electron chi connectivity index (χ1n) is 6.81. The number of benzene rings is 1. The number of thiocarbonyl (C=S) groups is 1. The third-order valence-corrected chi connectivity index (χ3v) is 6.76. The van der Waals surface area contributed by atoms with Crippen LogP contribution in [0.2, 0.25) is 0 Å². The first kappa shape index (κ1) is 16.6. The van der Waals surface area contributed by atoms with Gasteiger partial charge in [-0.2, -0.15) is 11.8 Å². The Hall–Kier alpha value is -0.720. The van der Waals surface area contributed by atoms with Crippen LogP contribution in [0.25, 0.3) is 0 Å². The van der Waals surface area contributed by atoms with Crippen molar-refractivity contribution in [3.8, 4) is 0 Å². The van der Waals surface area contributed by atoms with Crippen LogP contribution in [0.4, 0.5) is 0 Å². The Kier molecular flexibility index (Phi) is 5.57. The molecule has 3 nitrogen and oxygen atoms in total. The highest BCUT2D eigenvalue weighted by Crippen LogP contribution is 2.35. The van der Waals surface area contributed by atoms with Crippen LogP contribution >= 0.6 is 35.7 Å². The first-order chi connectivity index (χ1) is 10.0. The van der Waals surface area contributed by atoms with Gasteiger partial charge in [-0.25, -0.2) is 0 Å². The predicted molar refractivity (Wildman–Crippen MR) is 96.4 cm³/mol. The highest BCUT2D eigenvalue weighted by Gasteiger charge is 2.38. The number of hydrogen-bond acceptors (Lipinski definition) is 4. The van der Waals surface area contributed by atoms with E-state index in [0.717, 1.165) is 23.3 Å². The van der Waals surface area contributed by atoms with Crippen LogP contribution in [0.3, 0.4) is 0 Å². The van der Waals surface area contributed by atoms with Gasteiger partial charge in [-0.1, -0.05) is 24.4 Å². The van der Waals surface area contributed by atoms with E-state index >= 15 is 0 Å². The molecule has 0 spiro atoms. The van der Waals surface area contributed by atoms with Gasteiger partial charge < -0.3 is 10.6 Å². The zero-order valence-corrected chi connectivity index (χ0v) is 14.7. The van der Waals surface area contributed by atoms with Crippen molar-refractivity contribution >= 4 is 46.6 Å². The minimum Gasteiger partial charge on any atom is -0.392 e. The number of carbonyl (C=O) groups is 1. The predicted octanol–water partition coefficient (Wildman–Crippen LogP) is 3.03. The molecule has 114 valence electrons. The molecule has 1 heterocycles. The SMILES string of the molecule is CSc1ccccc1C(=O)N1CCC(SC)(C(N)=S)CC1. The van der Waals surface area contributed by atoms with E-state index in [1.165, 1.54) is 0 Å². The summed E-state index contributed by atoms with van der Waals surface area (Å²) in [5, 5.41) is 0. The fraction of sp³-hybridized carbons (Fsp3) is 0.467. The molecule has 2 N–H and O–H groups in total. The lowest BCUT2D eigenvalue weighted by Gasteiger charge is -2.40. The maximum atomic E-state index is 12.7. The van der Waals surface area contributed by atoms with Crippen molar-refractivity contribution in [3.05, 3.63) is 29.8 Å². The summed E-state index contributed by atoms with van der Waals surface area (Å²) in [6.07, 6.45) is 5.70. The lowest BCUT2D eigenvalue weighted by molar-refractivity contribution is 0.0715. The third kappa shape index (κ3) is 3.38. The van der Waals surface area contributed by atoms with Crippen LogP contribution in [0.5, 0.6) is 0 Å². The monoisotopic (exact) mass is 340 g/mol. The highest BCUT2D eigenvalue weighted by molar-refractivity contribution is 8.02. The van der Waals surface area contributed by atoms with E-state index in [1.807, 2.05) is 41.7 Å². The quantitative estimate of drug-likeness (QED) is 0.674. The number of piperidine rings is 1. The molecule has 0 saturated carbocycles. The summed E-state index contributed by atoms with van der Waals surface area (Å²) in [6, 6.07) is 7.77. The van der Waals surface area contributed by atoms with Gasteiger partial charge in [0.25, 0.3) is 5.91 Å². The van der Waals surface area contributed by atoms with E-state index in [4.69, 9.17) is 18.0 Å². The zero-order valence-electron chi connectivity index (χ0n) is 12.3. The van der Waals surface area contributed by atoms with Gasteiger partial charge >= 0.3 is 0 Å². The summed E-state index contributed by atoms with van der Waals surface area (Å²) in [5.74, 6) is 0.109. The smallest absolute Gasteiger partial charge is 0.254 e. The van der Waals surface area contributed by atoms with Crippen molar-refractivity contribution in [2.75, 3.05) is 25.6 Å². The van der Waals surface area contributed by atoms with Gasteiger partial charge in [-0.15, -0.1) is 11.8 Å². The van der Waals surface area contributed by atoms with E-state index < -0.39 is 0 Å². The summed E-state index contributed by atoms with van der Waals surface area (Å²) in [4.78, 5) is 16.2. The number of carbonyl (C=O) groups excluding carboxylic acids is 1. The number of amides is 1. The van der Waals surface area contributed by atoms with Gasteiger partial charge in [0.2, 0.25) is 0 Å². The molecular formula is C15H20N2OS3. The Morgan fingerprint density at radius 3 is 2.43 bits per heavy atom. The molecule has 1 aromatic rings.